The Morgan fingerprint density at radius 1 is 1.35 bits per heavy atom. The molecule has 1 rings (SSSR count). The van der Waals surface area contributed by atoms with Crippen molar-refractivity contribution >= 4 is 37.6 Å². The van der Waals surface area contributed by atoms with Crippen molar-refractivity contribution in [2.75, 3.05) is 19.0 Å². The minimum Gasteiger partial charge on any atom is -0.207 e. The molecule has 3 nitrogen and oxygen atoms in total. The quantitative estimate of drug-likeness (QED) is 0.746. The second-order valence-electron chi connectivity index (χ2n) is 3.55. The molecule has 0 radical (unpaired) electrons. The molecule has 0 saturated heterocycles. The Morgan fingerprint density at radius 3 is 2.59 bits per heavy atom. The summed E-state index contributed by atoms with van der Waals surface area (Å²) >= 11 is 8.91. The average Bonchev–Trinajstić information content (AvgIpc) is 2.29. The average molecular weight is 341 g/mol. The number of nitrogens with zero attached hydrogens (tertiary/aromatic N) is 1. The third kappa shape index (κ3) is 3.95. The monoisotopic (exact) mass is 339 g/mol. The van der Waals surface area contributed by atoms with Crippen LogP contribution in [0.3, 0.4) is 0 Å². The van der Waals surface area contributed by atoms with Crippen LogP contribution >= 0.6 is 27.5 Å². The van der Waals surface area contributed by atoms with Gasteiger partial charge in [-0.1, -0.05) is 28.9 Å². The van der Waals surface area contributed by atoms with Gasteiger partial charge in [0.25, 0.3) is 0 Å². The van der Waals surface area contributed by atoms with Crippen LogP contribution in [0.5, 0.6) is 0 Å². The van der Waals surface area contributed by atoms with Crippen LogP contribution in [0, 0.1) is 0 Å². The molecular weight excluding hydrogens is 326 g/mol. The van der Waals surface area contributed by atoms with Gasteiger partial charge in [-0.05, 0) is 24.6 Å². The molecule has 0 unspecified atom stereocenters. The topological polar surface area (TPSA) is 37.4 Å². The highest BCUT2D eigenvalue weighted by Crippen LogP contribution is 2.20. The first-order valence-corrected chi connectivity index (χ1v) is 8.10. The second-order valence-corrected chi connectivity index (χ2v) is 6.78. The first kappa shape index (κ1) is 15.0. The predicted molar refractivity (Wildman–Crippen MR) is 73.9 cm³/mol. The van der Waals surface area contributed by atoms with Crippen molar-refractivity contribution in [3.8, 4) is 0 Å². The van der Waals surface area contributed by atoms with E-state index in [0.29, 0.717) is 23.9 Å². The largest absolute Gasteiger partial charge is 0.243 e. The summed E-state index contributed by atoms with van der Waals surface area (Å²) in [6.07, 6.45) is 0.768. The van der Waals surface area contributed by atoms with Gasteiger partial charge < -0.3 is 0 Å². The number of hydrogen-bond donors (Lipinski definition) is 0. The SMILES string of the molecule is CCCN(CCCl)S(=O)(=O)c1cccc(Br)c1. The van der Waals surface area contributed by atoms with E-state index in [1.54, 1.807) is 24.3 Å². The van der Waals surface area contributed by atoms with Crippen LogP contribution in [0.25, 0.3) is 0 Å². The number of halogens is 2. The summed E-state index contributed by atoms with van der Waals surface area (Å²) in [5, 5.41) is 0. The predicted octanol–water partition coefficient (Wildman–Crippen LogP) is 3.09. The minimum absolute atomic E-state index is 0.297. The first-order chi connectivity index (χ1) is 8.02. The summed E-state index contributed by atoms with van der Waals surface area (Å²) < 4.78 is 26.8. The van der Waals surface area contributed by atoms with Gasteiger partial charge in [-0.25, -0.2) is 8.42 Å². The molecule has 0 aliphatic rings. The molecule has 0 spiro atoms. The van der Waals surface area contributed by atoms with E-state index in [4.69, 9.17) is 11.6 Å². The fourth-order valence-corrected chi connectivity index (χ4v) is 3.91. The number of rotatable bonds is 6. The molecule has 96 valence electrons. The van der Waals surface area contributed by atoms with Crippen molar-refractivity contribution in [2.45, 2.75) is 18.2 Å². The molecule has 0 aliphatic heterocycles. The van der Waals surface area contributed by atoms with E-state index >= 15 is 0 Å². The molecule has 0 heterocycles. The standard InChI is InChI=1S/C11H15BrClNO2S/c1-2-7-14(8-6-13)17(15,16)11-5-3-4-10(12)9-11/h3-5,9H,2,6-8H2,1H3. The van der Waals surface area contributed by atoms with Crippen molar-refractivity contribution in [2.24, 2.45) is 0 Å². The Hall–Kier alpha value is -0.100. The Labute approximate surface area is 116 Å². The maximum atomic E-state index is 12.3. The van der Waals surface area contributed by atoms with Crippen LogP contribution in [-0.2, 0) is 10.0 Å². The zero-order valence-electron chi connectivity index (χ0n) is 9.57. The summed E-state index contributed by atoms with van der Waals surface area (Å²) in [7, 11) is -3.43. The van der Waals surface area contributed by atoms with Crippen LogP contribution in [0.2, 0.25) is 0 Å². The van der Waals surface area contributed by atoms with Crippen LogP contribution in [0.1, 0.15) is 13.3 Å². The lowest BCUT2D eigenvalue weighted by Crippen LogP contribution is -2.33. The molecule has 0 aromatic heterocycles. The molecule has 0 fully saturated rings. The van der Waals surface area contributed by atoms with E-state index in [9.17, 15) is 8.42 Å². The molecule has 0 atom stereocenters. The van der Waals surface area contributed by atoms with Crippen molar-refractivity contribution in [1.82, 2.24) is 4.31 Å². The van der Waals surface area contributed by atoms with Crippen LogP contribution in [0.15, 0.2) is 33.6 Å². The van der Waals surface area contributed by atoms with Crippen molar-refractivity contribution in [3.05, 3.63) is 28.7 Å². The molecule has 0 bridgehead atoms. The minimum atomic E-state index is -3.43. The molecule has 0 N–H and O–H groups in total. The first-order valence-electron chi connectivity index (χ1n) is 5.34. The maximum absolute atomic E-state index is 12.3. The highest BCUT2D eigenvalue weighted by molar-refractivity contribution is 9.10. The molecule has 6 heteroatoms. The molecule has 0 aliphatic carbocycles. The molecular formula is C11H15BrClNO2S. The Bertz CT molecular complexity index is 458. The summed E-state index contributed by atoms with van der Waals surface area (Å²) in [6.45, 7) is 2.77. The van der Waals surface area contributed by atoms with Crippen molar-refractivity contribution in [1.29, 1.82) is 0 Å². The summed E-state index contributed by atoms with van der Waals surface area (Å²) in [5.41, 5.74) is 0. The molecule has 0 saturated carbocycles. The summed E-state index contributed by atoms with van der Waals surface area (Å²) in [4.78, 5) is 0.297. The lowest BCUT2D eigenvalue weighted by Gasteiger charge is -2.20. The second kappa shape index (κ2) is 6.73. The fraction of sp³-hybridized carbons (Fsp3) is 0.455. The zero-order chi connectivity index (χ0) is 12.9. The maximum Gasteiger partial charge on any atom is 0.243 e. The number of alkyl halides is 1. The molecule has 17 heavy (non-hydrogen) atoms. The van der Waals surface area contributed by atoms with E-state index in [-0.39, 0.29) is 0 Å². The number of benzene rings is 1. The van der Waals surface area contributed by atoms with Gasteiger partial charge in [0, 0.05) is 23.4 Å². The van der Waals surface area contributed by atoms with Gasteiger partial charge in [0.1, 0.15) is 0 Å². The summed E-state index contributed by atoms with van der Waals surface area (Å²) in [6, 6.07) is 6.70. The van der Waals surface area contributed by atoms with Crippen LogP contribution < -0.4 is 0 Å². The van der Waals surface area contributed by atoms with Gasteiger partial charge >= 0.3 is 0 Å². The van der Waals surface area contributed by atoms with Crippen molar-refractivity contribution in [3.63, 3.8) is 0 Å². The Balaban J connectivity index is 3.07. The van der Waals surface area contributed by atoms with E-state index < -0.39 is 10.0 Å². The van der Waals surface area contributed by atoms with Gasteiger partial charge in [-0.2, -0.15) is 4.31 Å². The normalized spacial score (nSPS) is 12.0. The van der Waals surface area contributed by atoms with E-state index in [1.807, 2.05) is 6.92 Å². The van der Waals surface area contributed by atoms with Crippen LogP contribution in [0.4, 0.5) is 0 Å². The van der Waals surface area contributed by atoms with E-state index in [2.05, 4.69) is 15.9 Å². The van der Waals surface area contributed by atoms with E-state index in [1.165, 1.54) is 4.31 Å². The van der Waals surface area contributed by atoms with Crippen LogP contribution in [-0.4, -0.2) is 31.7 Å². The Kier molecular flexibility index (Phi) is 5.92. The third-order valence-corrected chi connectivity index (χ3v) is 4.80. The lowest BCUT2D eigenvalue weighted by molar-refractivity contribution is 0.428. The van der Waals surface area contributed by atoms with Gasteiger partial charge in [0.15, 0.2) is 0 Å². The van der Waals surface area contributed by atoms with Gasteiger partial charge in [0.2, 0.25) is 10.0 Å². The number of sulfonamides is 1. The van der Waals surface area contributed by atoms with E-state index in [0.717, 1.165) is 10.9 Å². The smallest absolute Gasteiger partial charge is 0.207 e. The van der Waals surface area contributed by atoms with Gasteiger partial charge in [-0.3, -0.25) is 0 Å². The van der Waals surface area contributed by atoms with Gasteiger partial charge in [0.05, 0.1) is 4.90 Å². The van der Waals surface area contributed by atoms with Crippen molar-refractivity contribution < 1.29 is 8.42 Å². The highest BCUT2D eigenvalue weighted by Gasteiger charge is 2.23. The molecule has 0 amide bonds. The molecule has 1 aromatic rings. The number of hydrogen-bond acceptors (Lipinski definition) is 2. The third-order valence-electron chi connectivity index (χ3n) is 2.24. The van der Waals surface area contributed by atoms with Gasteiger partial charge in [-0.15, -0.1) is 11.6 Å². The Morgan fingerprint density at radius 2 is 2.06 bits per heavy atom. The fourth-order valence-electron chi connectivity index (χ4n) is 1.47. The highest BCUT2D eigenvalue weighted by atomic mass is 79.9. The molecule has 1 aromatic carbocycles. The summed E-state index contributed by atoms with van der Waals surface area (Å²) in [5.74, 6) is 0.299. The lowest BCUT2D eigenvalue weighted by atomic mass is 10.4. The zero-order valence-corrected chi connectivity index (χ0v) is 12.7.